The van der Waals surface area contributed by atoms with Crippen molar-refractivity contribution in [1.29, 1.82) is 0 Å². The first-order valence-corrected chi connectivity index (χ1v) is 10.8. The molecule has 3 aromatic rings. The summed E-state index contributed by atoms with van der Waals surface area (Å²) in [6.45, 7) is 0. The second-order valence-electron chi connectivity index (χ2n) is 7.31. The number of phenols is 1. The molecule has 1 fully saturated rings. The highest BCUT2D eigenvalue weighted by atomic mass is 79.9. The van der Waals surface area contributed by atoms with Gasteiger partial charge in [-0.2, -0.15) is 0 Å². The van der Waals surface area contributed by atoms with Gasteiger partial charge in [0, 0.05) is 4.47 Å². The maximum absolute atomic E-state index is 13.2. The Morgan fingerprint density at radius 2 is 1.73 bits per heavy atom. The minimum absolute atomic E-state index is 0.00888. The van der Waals surface area contributed by atoms with Crippen LogP contribution in [0.3, 0.4) is 0 Å². The molecule has 1 aliphatic rings. The van der Waals surface area contributed by atoms with Crippen LogP contribution in [0.5, 0.6) is 11.5 Å². The fourth-order valence-electron chi connectivity index (χ4n) is 3.50. The van der Waals surface area contributed by atoms with E-state index in [0.29, 0.717) is 17.7 Å². The Morgan fingerprint density at radius 1 is 1.00 bits per heavy atom. The summed E-state index contributed by atoms with van der Waals surface area (Å²) in [4.78, 5) is 39.0. The highest BCUT2D eigenvalue weighted by Gasteiger charge is 2.36. The largest absolute Gasteiger partial charge is 0.508 e. The maximum atomic E-state index is 13.2. The monoisotopic (exact) mass is 506 g/mol. The zero-order valence-electron chi connectivity index (χ0n) is 17.5. The third kappa shape index (κ3) is 4.65. The Morgan fingerprint density at radius 3 is 2.42 bits per heavy atom. The van der Waals surface area contributed by atoms with Crippen LogP contribution < -0.4 is 15.0 Å². The fourth-order valence-corrected chi connectivity index (χ4v) is 3.92. The van der Waals surface area contributed by atoms with Crippen molar-refractivity contribution in [2.45, 2.75) is 6.42 Å². The number of imide groups is 2. The van der Waals surface area contributed by atoms with Gasteiger partial charge in [-0.25, -0.2) is 9.69 Å². The van der Waals surface area contributed by atoms with Gasteiger partial charge in [0.25, 0.3) is 11.8 Å². The summed E-state index contributed by atoms with van der Waals surface area (Å²) < 4.78 is 6.29. The number of carbonyl (C=O) groups is 3. The molecule has 1 aliphatic heterocycles. The number of urea groups is 1. The molecule has 8 heteroatoms. The summed E-state index contributed by atoms with van der Waals surface area (Å²) in [6.07, 6.45) is 2.00. The van der Waals surface area contributed by atoms with E-state index in [-0.39, 0.29) is 17.0 Å². The summed E-state index contributed by atoms with van der Waals surface area (Å²) in [5.41, 5.74) is 2.55. The van der Waals surface area contributed by atoms with Crippen LogP contribution in [-0.4, -0.2) is 30.1 Å². The lowest BCUT2D eigenvalue weighted by Gasteiger charge is -2.26. The molecule has 0 aliphatic carbocycles. The summed E-state index contributed by atoms with van der Waals surface area (Å²) in [6, 6.07) is 17.8. The van der Waals surface area contributed by atoms with Crippen molar-refractivity contribution in [3.63, 3.8) is 0 Å². The number of methoxy groups -OCH3 is 1. The van der Waals surface area contributed by atoms with Crippen LogP contribution >= 0.6 is 15.9 Å². The van der Waals surface area contributed by atoms with E-state index in [1.54, 1.807) is 19.2 Å². The van der Waals surface area contributed by atoms with Crippen molar-refractivity contribution in [2.75, 3.05) is 12.0 Å². The minimum atomic E-state index is -0.851. The lowest BCUT2D eigenvalue weighted by atomic mass is 9.97. The molecule has 4 amide bonds. The van der Waals surface area contributed by atoms with Gasteiger partial charge in [0.1, 0.15) is 17.1 Å². The number of hydrogen-bond donors (Lipinski definition) is 2. The van der Waals surface area contributed by atoms with E-state index in [9.17, 15) is 19.5 Å². The second-order valence-corrected chi connectivity index (χ2v) is 8.16. The highest BCUT2D eigenvalue weighted by molar-refractivity contribution is 9.10. The molecule has 0 aromatic heterocycles. The average Bonchev–Trinajstić information content (AvgIpc) is 2.80. The van der Waals surface area contributed by atoms with Crippen LogP contribution in [0.15, 0.2) is 76.8 Å². The standard InChI is InChI=1S/C25H19BrN2O5/c1-33-20-11-6-15(17(13-20)12-16-4-2-3-5-22(16)26)14-21-23(30)27-25(32)28(24(21)31)18-7-9-19(29)10-8-18/h2-11,13-14,29H,12H2,1H3,(H,27,30,32)/b21-14+. The highest BCUT2D eigenvalue weighted by Crippen LogP contribution is 2.28. The lowest BCUT2D eigenvalue weighted by Crippen LogP contribution is -2.54. The molecular formula is C25H19BrN2O5. The SMILES string of the molecule is COc1ccc(/C=C2\C(=O)NC(=O)N(c3ccc(O)cc3)C2=O)c(Cc2ccccc2Br)c1. The first-order valence-electron chi connectivity index (χ1n) is 9.98. The zero-order valence-corrected chi connectivity index (χ0v) is 19.1. The number of carbonyl (C=O) groups excluding carboxylic acids is 3. The first kappa shape index (κ1) is 22.3. The molecule has 0 saturated carbocycles. The van der Waals surface area contributed by atoms with Crippen LogP contribution in [0.25, 0.3) is 6.08 Å². The van der Waals surface area contributed by atoms with Gasteiger partial charge in [0.15, 0.2) is 0 Å². The van der Waals surface area contributed by atoms with Gasteiger partial charge < -0.3 is 9.84 Å². The maximum Gasteiger partial charge on any atom is 0.335 e. The van der Waals surface area contributed by atoms with Gasteiger partial charge in [-0.15, -0.1) is 0 Å². The number of nitrogens with one attached hydrogen (secondary N) is 1. The number of hydrogen-bond acceptors (Lipinski definition) is 5. The molecule has 1 saturated heterocycles. The molecule has 3 aromatic carbocycles. The summed E-state index contributed by atoms with van der Waals surface area (Å²) >= 11 is 3.55. The van der Waals surface area contributed by atoms with E-state index in [4.69, 9.17) is 4.74 Å². The molecule has 2 N–H and O–H groups in total. The van der Waals surface area contributed by atoms with Gasteiger partial charge in [-0.05, 0) is 71.7 Å². The van der Waals surface area contributed by atoms with E-state index in [2.05, 4.69) is 21.2 Å². The van der Waals surface area contributed by atoms with E-state index in [0.717, 1.165) is 20.5 Å². The molecule has 0 spiro atoms. The average molecular weight is 507 g/mol. The van der Waals surface area contributed by atoms with Crippen LogP contribution in [0.4, 0.5) is 10.5 Å². The third-order valence-electron chi connectivity index (χ3n) is 5.20. The van der Waals surface area contributed by atoms with Gasteiger partial charge in [-0.3, -0.25) is 14.9 Å². The number of aromatic hydroxyl groups is 1. The molecule has 0 bridgehead atoms. The molecule has 0 atom stereocenters. The fraction of sp³-hybridized carbons (Fsp3) is 0.0800. The van der Waals surface area contributed by atoms with Crippen LogP contribution in [0.1, 0.15) is 16.7 Å². The van der Waals surface area contributed by atoms with E-state index < -0.39 is 17.8 Å². The number of benzene rings is 3. The smallest absolute Gasteiger partial charge is 0.335 e. The summed E-state index contributed by atoms with van der Waals surface area (Å²) in [7, 11) is 1.56. The van der Waals surface area contributed by atoms with Crippen LogP contribution in [-0.2, 0) is 16.0 Å². The molecule has 33 heavy (non-hydrogen) atoms. The van der Waals surface area contributed by atoms with E-state index in [1.807, 2.05) is 30.3 Å². The lowest BCUT2D eigenvalue weighted by molar-refractivity contribution is -0.122. The van der Waals surface area contributed by atoms with Crippen molar-refractivity contribution in [3.8, 4) is 11.5 Å². The number of anilines is 1. The van der Waals surface area contributed by atoms with Gasteiger partial charge in [0.05, 0.1) is 12.8 Å². The van der Waals surface area contributed by atoms with Crippen molar-refractivity contribution in [2.24, 2.45) is 0 Å². The molecule has 166 valence electrons. The summed E-state index contributed by atoms with van der Waals surface area (Å²) in [5.74, 6) is -0.898. The second kappa shape index (κ2) is 9.30. The van der Waals surface area contributed by atoms with Gasteiger partial charge in [-0.1, -0.05) is 40.2 Å². The van der Waals surface area contributed by atoms with Crippen LogP contribution in [0.2, 0.25) is 0 Å². The Kier molecular flexibility index (Phi) is 6.28. The third-order valence-corrected chi connectivity index (χ3v) is 5.97. The normalized spacial score (nSPS) is 15.0. The number of amides is 4. The number of phenolic OH excluding ortho intramolecular Hbond substituents is 1. The Bertz CT molecular complexity index is 1280. The predicted octanol–water partition coefficient (Wildman–Crippen LogP) is 4.42. The molecule has 1 heterocycles. The number of nitrogens with zero attached hydrogens (tertiary/aromatic N) is 1. The van der Waals surface area contributed by atoms with Crippen molar-refractivity contribution in [3.05, 3.63) is 93.5 Å². The molecule has 0 radical (unpaired) electrons. The number of barbiturate groups is 1. The zero-order chi connectivity index (χ0) is 23.5. The van der Waals surface area contributed by atoms with Gasteiger partial charge in [0.2, 0.25) is 0 Å². The molecule has 0 unspecified atom stereocenters. The summed E-state index contributed by atoms with van der Waals surface area (Å²) in [5, 5.41) is 11.7. The predicted molar refractivity (Wildman–Crippen MR) is 127 cm³/mol. The van der Waals surface area contributed by atoms with Gasteiger partial charge >= 0.3 is 6.03 Å². The first-order chi connectivity index (χ1) is 15.9. The van der Waals surface area contributed by atoms with E-state index >= 15 is 0 Å². The minimum Gasteiger partial charge on any atom is -0.508 e. The number of rotatable bonds is 5. The molecule has 4 rings (SSSR count). The van der Waals surface area contributed by atoms with E-state index in [1.165, 1.54) is 30.3 Å². The van der Waals surface area contributed by atoms with Crippen molar-refractivity contribution < 1.29 is 24.2 Å². The molecular weight excluding hydrogens is 488 g/mol. The Labute approximate surface area is 198 Å². The Balaban J connectivity index is 1.76. The molecule has 7 nitrogen and oxygen atoms in total. The number of halogens is 1. The van der Waals surface area contributed by atoms with Crippen molar-refractivity contribution in [1.82, 2.24) is 5.32 Å². The quantitative estimate of drug-likeness (QED) is 0.394. The topological polar surface area (TPSA) is 95.9 Å². The van der Waals surface area contributed by atoms with Crippen molar-refractivity contribution >= 4 is 45.5 Å². The number of ether oxygens (including phenoxy) is 1. The Hall–Kier alpha value is -3.91. The van der Waals surface area contributed by atoms with Crippen LogP contribution in [0, 0.1) is 0 Å².